The molecule has 1 aliphatic heterocycles. The molecule has 0 amide bonds. The van der Waals surface area contributed by atoms with Crippen molar-refractivity contribution < 1.29 is 23.7 Å². The third-order valence-electron chi connectivity index (χ3n) is 5.22. The van der Waals surface area contributed by atoms with Gasteiger partial charge in [-0.1, -0.05) is 19.1 Å². The molecule has 0 N–H and O–H groups in total. The van der Waals surface area contributed by atoms with Crippen LogP contribution >= 0.6 is 0 Å². The molecule has 1 aliphatic carbocycles. The molecule has 5 heteroatoms. The van der Waals surface area contributed by atoms with Crippen LogP contribution < -0.4 is 9.47 Å². The maximum atomic E-state index is 12.4. The molecular formula is C22H26O5. The number of hydrogen-bond donors (Lipinski definition) is 0. The molecule has 1 aromatic carbocycles. The summed E-state index contributed by atoms with van der Waals surface area (Å²) in [6.45, 7) is 8.28. The molecule has 0 bridgehead atoms. The van der Waals surface area contributed by atoms with E-state index in [1.54, 1.807) is 26.4 Å². The van der Waals surface area contributed by atoms with Crippen molar-refractivity contribution in [2.45, 2.75) is 32.0 Å². The second-order valence-corrected chi connectivity index (χ2v) is 6.70. The maximum absolute atomic E-state index is 12.4. The quantitative estimate of drug-likeness (QED) is 0.675. The Labute approximate surface area is 160 Å². The Bertz CT molecular complexity index is 807. The second-order valence-electron chi connectivity index (χ2n) is 6.70. The van der Waals surface area contributed by atoms with Gasteiger partial charge in [0.05, 0.1) is 14.2 Å². The number of ketones is 1. The summed E-state index contributed by atoms with van der Waals surface area (Å²) in [5, 5.41) is 0. The first-order chi connectivity index (χ1) is 13.0. The average molecular weight is 370 g/mol. The van der Waals surface area contributed by atoms with Crippen LogP contribution in [0.25, 0.3) is 0 Å². The SMILES string of the molecule is C=CCC1=CC2(OCC)C(=CC1=O)O[C@H](c1ccc(OC)c(OC)c1)[C@H]2C. The number of methoxy groups -OCH3 is 2. The van der Waals surface area contributed by atoms with Gasteiger partial charge in [-0.05, 0) is 37.1 Å². The maximum Gasteiger partial charge on any atom is 0.185 e. The third-order valence-corrected chi connectivity index (χ3v) is 5.22. The van der Waals surface area contributed by atoms with Gasteiger partial charge in [0.1, 0.15) is 11.9 Å². The van der Waals surface area contributed by atoms with E-state index in [1.807, 2.05) is 31.2 Å². The minimum absolute atomic E-state index is 0.0327. The third kappa shape index (κ3) is 3.16. The van der Waals surface area contributed by atoms with Crippen molar-refractivity contribution in [3.8, 4) is 11.5 Å². The standard InChI is InChI=1S/C22H26O5/c1-6-8-16-13-22(26-7-2)14(3)21(27-20(22)12-17(16)23)15-9-10-18(24-4)19(11-15)25-5/h6,9-14,21H,1,7-8H2,2-5H3/t14-,21+,22?/m1/s1. The Morgan fingerprint density at radius 1 is 1.26 bits per heavy atom. The van der Waals surface area contributed by atoms with Crippen molar-refractivity contribution in [3.05, 3.63) is 59.9 Å². The molecule has 3 atom stereocenters. The minimum atomic E-state index is -0.751. The summed E-state index contributed by atoms with van der Waals surface area (Å²) in [4.78, 5) is 12.4. The lowest BCUT2D eigenvalue weighted by Crippen LogP contribution is -2.39. The van der Waals surface area contributed by atoms with Crippen molar-refractivity contribution in [2.24, 2.45) is 5.92 Å². The van der Waals surface area contributed by atoms with E-state index in [1.165, 1.54) is 0 Å². The summed E-state index contributed by atoms with van der Waals surface area (Å²) < 4.78 is 23.2. The summed E-state index contributed by atoms with van der Waals surface area (Å²) >= 11 is 0. The minimum Gasteiger partial charge on any atom is -0.493 e. The van der Waals surface area contributed by atoms with Crippen molar-refractivity contribution in [3.63, 3.8) is 0 Å². The van der Waals surface area contributed by atoms with Gasteiger partial charge in [0, 0.05) is 24.2 Å². The molecule has 3 rings (SSSR count). The molecule has 1 fully saturated rings. The van der Waals surface area contributed by atoms with Gasteiger partial charge in [-0.25, -0.2) is 0 Å². The summed E-state index contributed by atoms with van der Waals surface area (Å²) in [5.74, 6) is 1.77. The zero-order valence-corrected chi connectivity index (χ0v) is 16.3. The Hall–Kier alpha value is -2.53. The van der Waals surface area contributed by atoms with Gasteiger partial charge >= 0.3 is 0 Å². The fourth-order valence-electron chi connectivity index (χ4n) is 3.86. The highest BCUT2D eigenvalue weighted by molar-refractivity contribution is 6.06. The zero-order chi connectivity index (χ0) is 19.6. The van der Waals surface area contributed by atoms with Gasteiger partial charge in [-0.15, -0.1) is 6.58 Å². The number of rotatable bonds is 7. The fourth-order valence-corrected chi connectivity index (χ4v) is 3.86. The average Bonchev–Trinajstić information content (AvgIpc) is 2.94. The molecule has 0 radical (unpaired) electrons. The van der Waals surface area contributed by atoms with E-state index in [-0.39, 0.29) is 17.8 Å². The van der Waals surface area contributed by atoms with Crippen LogP contribution in [0.2, 0.25) is 0 Å². The van der Waals surface area contributed by atoms with Crippen LogP contribution in [-0.2, 0) is 14.3 Å². The van der Waals surface area contributed by atoms with Crippen LogP contribution in [0.15, 0.2) is 54.3 Å². The van der Waals surface area contributed by atoms with E-state index in [4.69, 9.17) is 18.9 Å². The van der Waals surface area contributed by atoms with Gasteiger partial charge in [-0.3, -0.25) is 4.79 Å². The van der Waals surface area contributed by atoms with Crippen LogP contribution in [0.1, 0.15) is 31.9 Å². The van der Waals surface area contributed by atoms with Crippen LogP contribution in [0, 0.1) is 5.92 Å². The molecule has 0 aromatic heterocycles. The van der Waals surface area contributed by atoms with Crippen LogP contribution in [0.4, 0.5) is 0 Å². The molecular weight excluding hydrogens is 344 g/mol. The summed E-state index contributed by atoms with van der Waals surface area (Å²) in [7, 11) is 3.21. The summed E-state index contributed by atoms with van der Waals surface area (Å²) in [5.41, 5.74) is 0.880. The highest BCUT2D eigenvalue weighted by Gasteiger charge is 2.54. The van der Waals surface area contributed by atoms with Crippen LogP contribution in [0.3, 0.4) is 0 Å². The normalized spacial score (nSPS) is 26.6. The topological polar surface area (TPSA) is 54.0 Å². The number of benzene rings is 1. The lowest BCUT2D eigenvalue weighted by Gasteiger charge is -2.32. The smallest absolute Gasteiger partial charge is 0.185 e. The first-order valence-corrected chi connectivity index (χ1v) is 9.12. The van der Waals surface area contributed by atoms with E-state index in [2.05, 4.69) is 13.5 Å². The molecule has 1 saturated heterocycles. The molecule has 5 nitrogen and oxygen atoms in total. The molecule has 27 heavy (non-hydrogen) atoms. The number of fused-ring (bicyclic) bond motifs is 1. The van der Waals surface area contributed by atoms with E-state index >= 15 is 0 Å². The number of ether oxygens (including phenoxy) is 4. The second kappa shape index (κ2) is 7.61. The Morgan fingerprint density at radius 3 is 2.63 bits per heavy atom. The Morgan fingerprint density at radius 2 is 2.00 bits per heavy atom. The van der Waals surface area contributed by atoms with Crippen molar-refractivity contribution >= 4 is 5.78 Å². The van der Waals surface area contributed by atoms with Gasteiger partial charge in [-0.2, -0.15) is 0 Å². The van der Waals surface area contributed by atoms with Crippen LogP contribution in [0.5, 0.6) is 11.5 Å². The van der Waals surface area contributed by atoms with Crippen molar-refractivity contribution in [1.29, 1.82) is 0 Å². The Balaban J connectivity index is 2.04. The summed E-state index contributed by atoms with van der Waals surface area (Å²) in [6, 6.07) is 5.72. The lowest BCUT2D eigenvalue weighted by atomic mass is 9.78. The van der Waals surface area contributed by atoms with E-state index in [0.717, 1.165) is 5.56 Å². The Kier molecular flexibility index (Phi) is 5.42. The molecule has 1 aromatic rings. The van der Waals surface area contributed by atoms with Gasteiger partial charge in [0.25, 0.3) is 0 Å². The largest absolute Gasteiger partial charge is 0.493 e. The van der Waals surface area contributed by atoms with Gasteiger partial charge < -0.3 is 18.9 Å². The number of carbonyl (C=O) groups excluding carboxylic acids is 1. The van der Waals surface area contributed by atoms with E-state index in [0.29, 0.717) is 35.9 Å². The van der Waals surface area contributed by atoms with Gasteiger partial charge in [0.15, 0.2) is 22.9 Å². The molecule has 144 valence electrons. The number of allylic oxidation sites excluding steroid dienone is 3. The van der Waals surface area contributed by atoms with E-state index in [9.17, 15) is 4.79 Å². The predicted molar refractivity (Wildman–Crippen MR) is 103 cm³/mol. The summed E-state index contributed by atoms with van der Waals surface area (Å²) in [6.07, 6.45) is 5.45. The fraction of sp³-hybridized carbons (Fsp3) is 0.409. The molecule has 0 spiro atoms. The number of carbonyl (C=O) groups is 1. The predicted octanol–water partition coefficient (Wildman–Crippen LogP) is 4.16. The highest BCUT2D eigenvalue weighted by atomic mass is 16.6. The molecule has 2 aliphatic rings. The lowest BCUT2D eigenvalue weighted by molar-refractivity contribution is -0.112. The number of hydrogen-bond acceptors (Lipinski definition) is 5. The highest BCUT2D eigenvalue weighted by Crippen LogP contribution is 2.52. The van der Waals surface area contributed by atoms with Crippen molar-refractivity contribution in [2.75, 3.05) is 20.8 Å². The zero-order valence-electron chi connectivity index (χ0n) is 16.3. The molecule has 1 unspecified atom stereocenters. The monoisotopic (exact) mass is 370 g/mol. The van der Waals surface area contributed by atoms with E-state index < -0.39 is 5.60 Å². The first kappa shape index (κ1) is 19.2. The first-order valence-electron chi connectivity index (χ1n) is 9.12. The molecule has 0 saturated carbocycles. The van der Waals surface area contributed by atoms with Crippen LogP contribution in [-0.4, -0.2) is 32.2 Å². The molecule has 1 heterocycles. The van der Waals surface area contributed by atoms with Gasteiger partial charge in [0.2, 0.25) is 0 Å². The van der Waals surface area contributed by atoms with Crippen molar-refractivity contribution in [1.82, 2.24) is 0 Å².